The summed E-state index contributed by atoms with van der Waals surface area (Å²) in [6, 6.07) is 2.62. The second-order valence-corrected chi connectivity index (χ2v) is 6.24. The lowest BCUT2D eigenvalue weighted by Crippen LogP contribution is -2.32. The minimum atomic E-state index is -3.78. The molecule has 0 amide bonds. The first kappa shape index (κ1) is 16.4. The van der Waals surface area contributed by atoms with Crippen LogP contribution in [0.15, 0.2) is 17.0 Å². The van der Waals surface area contributed by atoms with Gasteiger partial charge in [0.1, 0.15) is 5.82 Å². The molecule has 0 saturated heterocycles. The van der Waals surface area contributed by atoms with E-state index in [-0.39, 0.29) is 29.0 Å². The van der Waals surface area contributed by atoms with Crippen LogP contribution in [0.25, 0.3) is 0 Å². The van der Waals surface area contributed by atoms with Crippen LogP contribution in [-0.2, 0) is 20.6 Å². The average molecular weight is 310 g/mol. The highest BCUT2D eigenvalue weighted by Gasteiger charge is 2.20. The Labute approximate surface area is 118 Å². The molecule has 1 N–H and O–H groups in total. The van der Waals surface area contributed by atoms with E-state index < -0.39 is 15.8 Å². The van der Waals surface area contributed by atoms with E-state index in [1.807, 2.05) is 0 Å². The molecule has 1 rings (SSSR count). The van der Waals surface area contributed by atoms with Crippen LogP contribution in [0.1, 0.15) is 18.1 Å². The molecule has 0 heterocycles. The van der Waals surface area contributed by atoms with Gasteiger partial charge < -0.3 is 4.74 Å². The SMILES string of the molecule is COC(C)CNS(=O)(=O)c1cc(CCl)cc(F)c1C. The molecular formula is C12H17ClFNO3S. The van der Waals surface area contributed by atoms with Crippen molar-refractivity contribution in [2.24, 2.45) is 0 Å². The van der Waals surface area contributed by atoms with Crippen LogP contribution in [-0.4, -0.2) is 28.2 Å². The van der Waals surface area contributed by atoms with Crippen molar-refractivity contribution in [3.63, 3.8) is 0 Å². The number of nitrogens with one attached hydrogen (secondary N) is 1. The van der Waals surface area contributed by atoms with Crippen LogP contribution in [0.3, 0.4) is 0 Å². The summed E-state index contributed by atoms with van der Waals surface area (Å²) >= 11 is 5.62. The van der Waals surface area contributed by atoms with Crippen molar-refractivity contribution in [1.29, 1.82) is 0 Å². The van der Waals surface area contributed by atoms with Gasteiger partial charge in [-0.15, -0.1) is 11.6 Å². The lowest BCUT2D eigenvalue weighted by Gasteiger charge is -2.14. The highest BCUT2D eigenvalue weighted by molar-refractivity contribution is 7.89. The quantitative estimate of drug-likeness (QED) is 0.820. The zero-order valence-corrected chi connectivity index (χ0v) is 12.6. The zero-order chi connectivity index (χ0) is 14.6. The van der Waals surface area contributed by atoms with E-state index in [9.17, 15) is 12.8 Å². The van der Waals surface area contributed by atoms with E-state index in [1.165, 1.54) is 26.2 Å². The molecule has 0 aliphatic heterocycles. The maximum absolute atomic E-state index is 13.6. The van der Waals surface area contributed by atoms with E-state index >= 15 is 0 Å². The number of hydrogen-bond donors (Lipinski definition) is 1. The second-order valence-electron chi connectivity index (χ2n) is 4.23. The van der Waals surface area contributed by atoms with Crippen LogP contribution in [0.2, 0.25) is 0 Å². The topological polar surface area (TPSA) is 55.4 Å². The van der Waals surface area contributed by atoms with E-state index in [1.54, 1.807) is 6.92 Å². The van der Waals surface area contributed by atoms with Crippen molar-refractivity contribution >= 4 is 21.6 Å². The van der Waals surface area contributed by atoms with Crippen LogP contribution in [0, 0.1) is 12.7 Å². The summed E-state index contributed by atoms with van der Waals surface area (Å²) in [5.74, 6) is -0.535. The first-order valence-corrected chi connectivity index (χ1v) is 7.71. The standard InChI is InChI=1S/C12H17ClFNO3S/c1-8(18-3)7-15-19(16,17)12-5-10(6-13)4-11(14)9(12)2/h4-5,8,15H,6-7H2,1-3H3. The summed E-state index contributed by atoms with van der Waals surface area (Å²) < 4.78 is 45.2. The summed E-state index contributed by atoms with van der Waals surface area (Å²) in [5, 5.41) is 0. The Balaban J connectivity index is 3.10. The molecule has 19 heavy (non-hydrogen) atoms. The maximum atomic E-state index is 13.6. The molecule has 1 aromatic rings. The lowest BCUT2D eigenvalue weighted by molar-refractivity contribution is 0.122. The molecule has 108 valence electrons. The number of ether oxygens (including phenoxy) is 1. The summed E-state index contributed by atoms with van der Waals surface area (Å²) in [7, 11) is -2.30. The Morgan fingerprint density at radius 3 is 2.63 bits per heavy atom. The number of sulfonamides is 1. The minimum absolute atomic E-state index is 0.0498. The molecule has 1 aromatic carbocycles. The number of halogens is 2. The smallest absolute Gasteiger partial charge is 0.241 e. The zero-order valence-electron chi connectivity index (χ0n) is 11.0. The van der Waals surface area contributed by atoms with Crippen molar-refractivity contribution in [2.75, 3.05) is 13.7 Å². The van der Waals surface area contributed by atoms with Gasteiger partial charge in [-0.05, 0) is 31.5 Å². The molecule has 1 atom stereocenters. The number of hydrogen-bond acceptors (Lipinski definition) is 3. The van der Waals surface area contributed by atoms with Gasteiger partial charge in [-0.3, -0.25) is 0 Å². The van der Waals surface area contributed by atoms with E-state index in [2.05, 4.69) is 4.72 Å². The van der Waals surface area contributed by atoms with Gasteiger partial charge in [-0.1, -0.05) is 0 Å². The minimum Gasteiger partial charge on any atom is -0.380 e. The number of alkyl halides is 1. The molecule has 0 saturated carbocycles. The maximum Gasteiger partial charge on any atom is 0.241 e. The molecule has 1 unspecified atom stereocenters. The molecule has 0 bridgehead atoms. The molecule has 0 radical (unpaired) electrons. The van der Waals surface area contributed by atoms with Gasteiger partial charge in [-0.2, -0.15) is 0 Å². The summed E-state index contributed by atoms with van der Waals surface area (Å²) in [6.45, 7) is 3.26. The normalized spacial score (nSPS) is 13.5. The van der Waals surface area contributed by atoms with Gasteiger partial charge >= 0.3 is 0 Å². The molecule has 4 nitrogen and oxygen atoms in total. The third kappa shape index (κ3) is 4.14. The molecule has 0 aromatic heterocycles. The molecule has 0 spiro atoms. The van der Waals surface area contributed by atoms with Crippen molar-refractivity contribution in [3.8, 4) is 0 Å². The van der Waals surface area contributed by atoms with Crippen LogP contribution < -0.4 is 4.72 Å². The highest BCUT2D eigenvalue weighted by Crippen LogP contribution is 2.21. The number of rotatable bonds is 6. The molecule has 0 fully saturated rings. The fourth-order valence-electron chi connectivity index (χ4n) is 1.45. The van der Waals surface area contributed by atoms with Crippen LogP contribution in [0.5, 0.6) is 0 Å². The Kier molecular flexibility index (Phi) is 5.73. The highest BCUT2D eigenvalue weighted by atomic mass is 35.5. The van der Waals surface area contributed by atoms with Crippen molar-refractivity contribution in [1.82, 2.24) is 4.72 Å². The van der Waals surface area contributed by atoms with Gasteiger partial charge in [0.2, 0.25) is 10.0 Å². The fraction of sp³-hybridized carbons (Fsp3) is 0.500. The van der Waals surface area contributed by atoms with Crippen molar-refractivity contribution in [3.05, 3.63) is 29.1 Å². The van der Waals surface area contributed by atoms with Gasteiger partial charge in [0.05, 0.1) is 11.0 Å². The average Bonchev–Trinajstić information content (AvgIpc) is 2.38. The Morgan fingerprint density at radius 1 is 1.47 bits per heavy atom. The van der Waals surface area contributed by atoms with Gasteiger partial charge in [0, 0.05) is 25.1 Å². The summed E-state index contributed by atoms with van der Waals surface area (Å²) in [5.41, 5.74) is 0.497. The Hall–Kier alpha value is -0.690. The van der Waals surface area contributed by atoms with Crippen molar-refractivity contribution in [2.45, 2.75) is 30.7 Å². The largest absolute Gasteiger partial charge is 0.380 e. The number of benzene rings is 1. The summed E-state index contributed by atoms with van der Waals surface area (Å²) in [6.07, 6.45) is -0.267. The third-order valence-corrected chi connectivity index (χ3v) is 4.62. The predicted octanol–water partition coefficient (Wildman–Crippen LogP) is 2.19. The van der Waals surface area contributed by atoms with Crippen molar-refractivity contribution < 1.29 is 17.5 Å². The van der Waals surface area contributed by atoms with Gasteiger partial charge in [-0.25, -0.2) is 17.5 Å². The first-order valence-electron chi connectivity index (χ1n) is 5.69. The third-order valence-electron chi connectivity index (χ3n) is 2.76. The fourth-order valence-corrected chi connectivity index (χ4v) is 3.02. The molecule has 7 heteroatoms. The lowest BCUT2D eigenvalue weighted by atomic mass is 10.1. The summed E-state index contributed by atoms with van der Waals surface area (Å²) in [4.78, 5) is -0.0912. The van der Waals surface area contributed by atoms with E-state index in [4.69, 9.17) is 16.3 Å². The Bertz CT molecular complexity index is 548. The second kappa shape index (κ2) is 6.65. The monoisotopic (exact) mass is 309 g/mol. The Morgan fingerprint density at radius 2 is 2.11 bits per heavy atom. The van der Waals surface area contributed by atoms with E-state index in [0.29, 0.717) is 5.56 Å². The van der Waals surface area contributed by atoms with E-state index in [0.717, 1.165) is 0 Å². The van der Waals surface area contributed by atoms with Crippen LogP contribution >= 0.6 is 11.6 Å². The molecular weight excluding hydrogens is 293 g/mol. The molecule has 0 aliphatic carbocycles. The van der Waals surface area contributed by atoms with Crippen LogP contribution in [0.4, 0.5) is 4.39 Å². The first-order chi connectivity index (χ1) is 8.81. The van der Waals surface area contributed by atoms with Gasteiger partial charge in [0.15, 0.2) is 0 Å². The predicted molar refractivity (Wildman–Crippen MR) is 72.4 cm³/mol. The molecule has 0 aliphatic rings. The number of methoxy groups -OCH3 is 1. The van der Waals surface area contributed by atoms with Gasteiger partial charge in [0.25, 0.3) is 0 Å².